The Balaban J connectivity index is 1.58. The van der Waals surface area contributed by atoms with Gasteiger partial charge in [-0.1, -0.05) is 18.2 Å². The predicted octanol–water partition coefficient (Wildman–Crippen LogP) is 3.66. The lowest BCUT2D eigenvalue weighted by molar-refractivity contribution is -0.127. The van der Waals surface area contributed by atoms with Gasteiger partial charge in [-0.3, -0.25) is 9.78 Å². The van der Waals surface area contributed by atoms with E-state index in [2.05, 4.69) is 25.6 Å². The fourth-order valence-corrected chi connectivity index (χ4v) is 3.66. The maximum atomic E-state index is 14.0. The van der Waals surface area contributed by atoms with Crippen LogP contribution in [-0.2, 0) is 23.2 Å². The minimum atomic E-state index is -0.773. The van der Waals surface area contributed by atoms with Crippen molar-refractivity contribution in [3.05, 3.63) is 77.6 Å². The summed E-state index contributed by atoms with van der Waals surface area (Å²) in [4.78, 5) is 26.1. The van der Waals surface area contributed by atoms with Gasteiger partial charge in [0, 0.05) is 25.1 Å². The lowest BCUT2D eigenvalue weighted by Crippen LogP contribution is -2.45. The summed E-state index contributed by atoms with van der Waals surface area (Å²) in [5.74, 6) is -0.189. The number of amides is 1. The molecule has 3 aromatic rings. The van der Waals surface area contributed by atoms with Gasteiger partial charge in [-0.15, -0.1) is 0 Å². The van der Waals surface area contributed by atoms with Crippen LogP contribution in [0.15, 0.2) is 55.0 Å². The third-order valence-electron chi connectivity index (χ3n) is 5.31. The van der Waals surface area contributed by atoms with Crippen molar-refractivity contribution in [2.75, 3.05) is 5.32 Å². The van der Waals surface area contributed by atoms with Crippen molar-refractivity contribution in [1.82, 2.24) is 20.3 Å². The maximum absolute atomic E-state index is 14.0. The van der Waals surface area contributed by atoms with Crippen molar-refractivity contribution in [2.24, 2.45) is 0 Å². The summed E-state index contributed by atoms with van der Waals surface area (Å²) in [6.45, 7) is 2.31. The Morgan fingerprint density at radius 3 is 2.86 bits per heavy atom. The molecule has 148 valence electrons. The van der Waals surface area contributed by atoms with Gasteiger partial charge in [-0.2, -0.15) is 0 Å². The van der Waals surface area contributed by atoms with Gasteiger partial charge < -0.3 is 10.6 Å². The van der Waals surface area contributed by atoms with Crippen LogP contribution in [0.25, 0.3) is 0 Å². The third kappa shape index (κ3) is 3.94. The molecule has 1 aromatic carbocycles. The molecule has 1 aliphatic rings. The van der Waals surface area contributed by atoms with E-state index in [4.69, 9.17) is 0 Å². The van der Waals surface area contributed by atoms with Gasteiger partial charge in [0.05, 0.1) is 16.8 Å². The summed E-state index contributed by atoms with van der Waals surface area (Å²) in [7, 11) is 0. The molecule has 0 saturated carbocycles. The maximum Gasteiger partial charge on any atom is 0.232 e. The van der Waals surface area contributed by atoms with Crippen LogP contribution >= 0.6 is 0 Å². The number of hydrogen-bond donors (Lipinski definition) is 2. The molecule has 0 aliphatic heterocycles. The first-order chi connectivity index (χ1) is 14.1. The van der Waals surface area contributed by atoms with Gasteiger partial charge in [0.25, 0.3) is 0 Å². The number of pyridine rings is 1. The Hall–Kier alpha value is -3.35. The van der Waals surface area contributed by atoms with Crippen molar-refractivity contribution < 1.29 is 9.18 Å². The number of nitrogens with zero attached hydrogens (tertiary/aromatic N) is 3. The molecule has 7 heteroatoms. The molecule has 1 atom stereocenters. The number of aromatic nitrogens is 3. The van der Waals surface area contributed by atoms with Crippen LogP contribution in [0, 0.1) is 5.82 Å². The van der Waals surface area contributed by atoms with Crippen molar-refractivity contribution >= 4 is 17.5 Å². The zero-order valence-corrected chi connectivity index (χ0v) is 16.2. The second kappa shape index (κ2) is 7.95. The van der Waals surface area contributed by atoms with Crippen LogP contribution in [0.4, 0.5) is 16.0 Å². The van der Waals surface area contributed by atoms with Gasteiger partial charge in [0.2, 0.25) is 11.9 Å². The minimum Gasteiger partial charge on any atom is -0.351 e. The highest BCUT2D eigenvalue weighted by Crippen LogP contribution is 2.36. The van der Waals surface area contributed by atoms with E-state index >= 15 is 0 Å². The summed E-state index contributed by atoms with van der Waals surface area (Å²) in [5, 5.41) is 5.93. The number of rotatable bonds is 5. The number of benzene rings is 1. The standard InChI is InChI=1S/C22H22FN5O/c1-22(20(29)25-13-15-6-5-11-24-12-15)10-4-7-16-14-26-21(28-19(16)22)27-18-9-3-2-8-17(18)23/h2-3,5-6,8-9,11-12,14H,4,7,10,13H2,1H3,(H,25,29)(H,26,27,28). The van der Waals surface area contributed by atoms with Gasteiger partial charge in [-0.25, -0.2) is 14.4 Å². The highest BCUT2D eigenvalue weighted by atomic mass is 19.1. The molecular formula is C22H22FN5O. The molecule has 1 amide bonds. The zero-order valence-electron chi connectivity index (χ0n) is 16.2. The van der Waals surface area contributed by atoms with E-state index < -0.39 is 5.41 Å². The second-order valence-electron chi connectivity index (χ2n) is 7.40. The molecule has 0 saturated heterocycles. The average Bonchev–Trinajstić information content (AvgIpc) is 2.75. The van der Waals surface area contributed by atoms with E-state index in [0.717, 1.165) is 24.0 Å². The van der Waals surface area contributed by atoms with Gasteiger partial charge in [0.15, 0.2) is 0 Å². The Morgan fingerprint density at radius 1 is 1.21 bits per heavy atom. The van der Waals surface area contributed by atoms with E-state index in [-0.39, 0.29) is 17.7 Å². The minimum absolute atomic E-state index is 0.0853. The number of fused-ring (bicyclic) bond motifs is 1. The second-order valence-corrected chi connectivity index (χ2v) is 7.40. The average molecular weight is 391 g/mol. The van der Waals surface area contributed by atoms with E-state index in [1.807, 2.05) is 19.1 Å². The summed E-state index contributed by atoms with van der Waals surface area (Å²) in [6, 6.07) is 10.1. The molecule has 0 bridgehead atoms. The number of anilines is 2. The molecule has 0 radical (unpaired) electrons. The highest BCUT2D eigenvalue weighted by molar-refractivity contribution is 5.88. The number of nitrogens with one attached hydrogen (secondary N) is 2. The normalized spacial score (nSPS) is 18.0. The third-order valence-corrected chi connectivity index (χ3v) is 5.31. The smallest absolute Gasteiger partial charge is 0.232 e. The number of carbonyl (C=O) groups excluding carboxylic acids is 1. The number of carbonyl (C=O) groups is 1. The molecule has 4 rings (SSSR count). The van der Waals surface area contributed by atoms with Crippen LogP contribution in [0.5, 0.6) is 0 Å². The number of hydrogen-bond acceptors (Lipinski definition) is 5. The molecule has 2 heterocycles. The van der Waals surface area contributed by atoms with Crippen molar-refractivity contribution in [2.45, 2.75) is 38.1 Å². The predicted molar refractivity (Wildman–Crippen MR) is 108 cm³/mol. The summed E-state index contributed by atoms with van der Waals surface area (Å²) in [5.41, 5.74) is 2.11. The molecular weight excluding hydrogens is 369 g/mol. The number of aryl methyl sites for hydroxylation is 1. The van der Waals surface area contributed by atoms with E-state index in [1.165, 1.54) is 6.07 Å². The van der Waals surface area contributed by atoms with Crippen LogP contribution in [0.3, 0.4) is 0 Å². The molecule has 2 N–H and O–H groups in total. The first-order valence-corrected chi connectivity index (χ1v) is 9.61. The van der Waals surface area contributed by atoms with Crippen molar-refractivity contribution in [3.8, 4) is 0 Å². The van der Waals surface area contributed by atoms with Crippen molar-refractivity contribution in [1.29, 1.82) is 0 Å². The largest absolute Gasteiger partial charge is 0.351 e. The van der Waals surface area contributed by atoms with Crippen LogP contribution in [0.1, 0.15) is 36.6 Å². The zero-order chi connectivity index (χ0) is 20.3. The van der Waals surface area contributed by atoms with Gasteiger partial charge in [0.1, 0.15) is 5.82 Å². The van der Waals surface area contributed by atoms with Crippen LogP contribution in [-0.4, -0.2) is 20.9 Å². The first-order valence-electron chi connectivity index (χ1n) is 9.61. The monoisotopic (exact) mass is 391 g/mol. The molecule has 2 aromatic heterocycles. The molecule has 6 nitrogen and oxygen atoms in total. The number of para-hydroxylation sites is 1. The first kappa shape index (κ1) is 19.0. The topological polar surface area (TPSA) is 79.8 Å². The SMILES string of the molecule is CC1(C(=O)NCc2cccnc2)CCCc2cnc(Nc3ccccc3F)nc21. The quantitative estimate of drug-likeness (QED) is 0.694. The molecule has 0 fully saturated rings. The summed E-state index contributed by atoms with van der Waals surface area (Å²) in [6.07, 6.45) is 7.56. The Morgan fingerprint density at radius 2 is 2.07 bits per heavy atom. The lowest BCUT2D eigenvalue weighted by atomic mass is 9.74. The lowest BCUT2D eigenvalue weighted by Gasteiger charge is -2.33. The summed E-state index contributed by atoms with van der Waals surface area (Å²) < 4.78 is 14.0. The fraction of sp³-hybridized carbons (Fsp3) is 0.273. The van der Waals surface area contributed by atoms with E-state index in [0.29, 0.717) is 24.3 Å². The molecule has 0 spiro atoms. The summed E-state index contributed by atoms with van der Waals surface area (Å²) >= 11 is 0. The Bertz CT molecular complexity index is 1030. The molecule has 29 heavy (non-hydrogen) atoms. The van der Waals surface area contributed by atoms with E-state index in [9.17, 15) is 9.18 Å². The van der Waals surface area contributed by atoms with Crippen LogP contribution < -0.4 is 10.6 Å². The number of halogens is 1. The molecule has 1 unspecified atom stereocenters. The Kier molecular flexibility index (Phi) is 5.20. The van der Waals surface area contributed by atoms with Crippen LogP contribution in [0.2, 0.25) is 0 Å². The molecule has 1 aliphatic carbocycles. The van der Waals surface area contributed by atoms with Crippen molar-refractivity contribution in [3.63, 3.8) is 0 Å². The van der Waals surface area contributed by atoms with Gasteiger partial charge >= 0.3 is 0 Å². The van der Waals surface area contributed by atoms with Gasteiger partial charge in [-0.05, 0) is 55.5 Å². The van der Waals surface area contributed by atoms with E-state index in [1.54, 1.807) is 36.8 Å². The Labute approximate surface area is 168 Å². The fourth-order valence-electron chi connectivity index (χ4n) is 3.66. The highest BCUT2D eigenvalue weighted by Gasteiger charge is 2.40.